The van der Waals surface area contributed by atoms with Crippen molar-refractivity contribution in [3.05, 3.63) is 64.4 Å². The van der Waals surface area contributed by atoms with E-state index in [1.54, 1.807) is 30.3 Å². The van der Waals surface area contributed by atoms with Gasteiger partial charge in [0.25, 0.3) is 5.91 Å². The van der Waals surface area contributed by atoms with E-state index in [0.717, 1.165) is 0 Å². The Morgan fingerprint density at radius 1 is 1.15 bits per heavy atom. The summed E-state index contributed by atoms with van der Waals surface area (Å²) in [6.07, 6.45) is 0. The highest BCUT2D eigenvalue weighted by Crippen LogP contribution is 2.15. The van der Waals surface area contributed by atoms with E-state index in [4.69, 9.17) is 12.2 Å². The molecular formula is C14H10BrFN2OS. The highest BCUT2D eigenvalue weighted by Gasteiger charge is 2.10. The molecule has 0 unspecified atom stereocenters. The van der Waals surface area contributed by atoms with E-state index in [-0.39, 0.29) is 16.8 Å². The molecule has 102 valence electrons. The van der Waals surface area contributed by atoms with Crippen LogP contribution in [0.4, 0.5) is 10.1 Å². The molecule has 0 saturated carbocycles. The lowest BCUT2D eigenvalue weighted by molar-refractivity contribution is 0.0977. The number of hydrogen-bond donors (Lipinski definition) is 2. The fourth-order valence-corrected chi connectivity index (χ4v) is 2.22. The van der Waals surface area contributed by atoms with E-state index in [1.165, 1.54) is 12.1 Å². The van der Waals surface area contributed by atoms with Crippen LogP contribution >= 0.6 is 28.1 Å². The number of benzene rings is 2. The van der Waals surface area contributed by atoms with E-state index in [9.17, 15) is 9.18 Å². The van der Waals surface area contributed by atoms with Crippen molar-refractivity contribution >= 4 is 44.9 Å². The van der Waals surface area contributed by atoms with Gasteiger partial charge in [-0.1, -0.05) is 18.2 Å². The maximum atomic E-state index is 13.0. The lowest BCUT2D eigenvalue weighted by Gasteiger charge is -2.10. The third kappa shape index (κ3) is 3.85. The number of carbonyl (C=O) groups excluding carboxylic acids is 1. The van der Waals surface area contributed by atoms with Crippen LogP contribution in [-0.4, -0.2) is 11.0 Å². The van der Waals surface area contributed by atoms with Gasteiger partial charge < -0.3 is 5.32 Å². The second kappa shape index (κ2) is 6.58. The van der Waals surface area contributed by atoms with E-state index < -0.39 is 0 Å². The zero-order valence-electron chi connectivity index (χ0n) is 10.2. The summed E-state index contributed by atoms with van der Waals surface area (Å²) in [5.74, 6) is -0.721. The van der Waals surface area contributed by atoms with E-state index in [0.29, 0.717) is 15.7 Å². The first-order valence-electron chi connectivity index (χ1n) is 5.68. The van der Waals surface area contributed by atoms with E-state index >= 15 is 0 Å². The summed E-state index contributed by atoms with van der Waals surface area (Å²) < 4.78 is 13.7. The van der Waals surface area contributed by atoms with Crippen molar-refractivity contribution in [2.75, 3.05) is 5.32 Å². The van der Waals surface area contributed by atoms with Gasteiger partial charge in [-0.2, -0.15) is 0 Å². The van der Waals surface area contributed by atoms with Crippen LogP contribution in [0.3, 0.4) is 0 Å². The van der Waals surface area contributed by atoms with Crippen molar-refractivity contribution in [3.63, 3.8) is 0 Å². The van der Waals surface area contributed by atoms with Gasteiger partial charge >= 0.3 is 0 Å². The molecule has 0 fully saturated rings. The van der Waals surface area contributed by atoms with Gasteiger partial charge in [0.15, 0.2) is 5.11 Å². The molecule has 0 saturated heterocycles. The van der Waals surface area contributed by atoms with Crippen molar-refractivity contribution < 1.29 is 9.18 Å². The van der Waals surface area contributed by atoms with Crippen molar-refractivity contribution in [1.82, 2.24) is 5.32 Å². The topological polar surface area (TPSA) is 41.1 Å². The Kier molecular flexibility index (Phi) is 4.81. The van der Waals surface area contributed by atoms with Crippen molar-refractivity contribution in [2.24, 2.45) is 0 Å². The van der Waals surface area contributed by atoms with Gasteiger partial charge in [0, 0.05) is 10.2 Å². The van der Waals surface area contributed by atoms with Gasteiger partial charge in [-0.05, 0) is 58.5 Å². The predicted molar refractivity (Wildman–Crippen MR) is 84.2 cm³/mol. The molecule has 0 atom stereocenters. The number of carbonyl (C=O) groups is 1. The first kappa shape index (κ1) is 14.6. The Morgan fingerprint density at radius 2 is 1.90 bits per heavy atom. The third-order valence-corrected chi connectivity index (χ3v) is 3.32. The molecule has 2 aromatic rings. The first-order valence-corrected chi connectivity index (χ1v) is 6.89. The summed E-state index contributed by atoms with van der Waals surface area (Å²) >= 11 is 8.31. The van der Waals surface area contributed by atoms with E-state index in [2.05, 4.69) is 26.6 Å². The zero-order valence-corrected chi connectivity index (χ0v) is 12.6. The molecule has 2 aromatic carbocycles. The molecule has 1 amide bonds. The fourth-order valence-electron chi connectivity index (χ4n) is 1.54. The van der Waals surface area contributed by atoms with Gasteiger partial charge in [-0.25, -0.2) is 4.39 Å². The van der Waals surface area contributed by atoms with Gasteiger partial charge in [0.1, 0.15) is 5.82 Å². The highest BCUT2D eigenvalue weighted by molar-refractivity contribution is 9.10. The van der Waals surface area contributed by atoms with Gasteiger partial charge in [-0.15, -0.1) is 0 Å². The maximum Gasteiger partial charge on any atom is 0.258 e. The van der Waals surface area contributed by atoms with Crippen LogP contribution < -0.4 is 10.6 Å². The van der Waals surface area contributed by atoms with Crippen LogP contribution in [0.25, 0.3) is 0 Å². The Bertz CT molecular complexity index is 663. The largest absolute Gasteiger partial charge is 0.332 e. The molecule has 2 rings (SSSR count). The van der Waals surface area contributed by atoms with Crippen LogP contribution in [0.1, 0.15) is 10.4 Å². The van der Waals surface area contributed by atoms with Crippen LogP contribution in [0.15, 0.2) is 53.0 Å². The zero-order chi connectivity index (χ0) is 14.5. The number of anilines is 1. The normalized spacial score (nSPS) is 9.90. The maximum absolute atomic E-state index is 13.0. The number of halogens is 2. The summed E-state index contributed by atoms with van der Waals surface area (Å²) in [4.78, 5) is 12.0. The SMILES string of the molecule is O=C(NC(=S)Nc1cccc(F)c1)c1ccccc1Br. The quantitative estimate of drug-likeness (QED) is 0.809. The average molecular weight is 353 g/mol. The molecule has 2 N–H and O–H groups in total. The molecule has 0 aliphatic carbocycles. The molecule has 0 heterocycles. The van der Waals surface area contributed by atoms with Crippen LogP contribution in [0.5, 0.6) is 0 Å². The number of amides is 1. The van der Waals surface area contributed by atoms with Crippen LogP contribution in [0.2, 0.25) is 0 Å². The molecule has 20 heavy (non-hydrogen) atoms. The highest BCUT2D eigenvalue weighted by atomic mass is 79.9. The van der Waals surface area contributed by atoms with Crippen molar-refractivity contribution in [2.45, 2.75) is 0 Å². The summed E-state index contributed by atoms with van der Waals surface area (Å²) in [5.41, 5.74) is 0.943. The Balaban J connectivity index is 2.02. The van der Waals surface area contributed by atoms with Gasteiger partial charge in [0.05, 0.1) is 5.56 Å². The summed E-state index contributed by atoms with van der Waals surface area (Å²) in [6, 6.07) is 12.8. The molecule has 0 aromatic heterocycles. The first-order chi connectivity index (χ1) is 9.56. The average Bonchev–Trinajstić information content (AvgIpc) is 2.38. The fraction of sp³-hybridized carbons (Fsp3) is 0. The summed E-state index contributed by atoms with van der Waals surface area (Å²) in [7, 11) is 0. The summed E-state index contributed by atoms with van der Waals surface area (Å²) in [5, 5.41) is 5.39. The van der Waals surface area contributed by atoms with E-state index in [1.807, 2.05) is 6.07 Å². The van der Waals surface area contributed by atoms with Gasteiger partial charge in [0.2, 0.25) is 0 Å². The molecule has 3 nitrogen and oxygen atoms in total. The van der Waals surface area contributed by atoms with Gasteiger partial charge in [-0.3, -0.25) is 10.1 Å². The third-order valence-electron chi connectivity index (χ3n) is 2.43. The molecule has 0 radical (unpaired) electrons. The Morgan fingerprint density at radius 3 is 2.60 bits per heavy atom. The number of thiocarbonyl (C=S) groups is 1. The standard InChI is InChI=1S/C14H10BrFN2OS/c15-12-7-2-1-6-11(12)13(19)18-14(20)17-10-5-3-4-9(16)8-10/h1-8H,(H2,17,18,19,20). The molecule has 0 aliphatic heterocycles. The summed E-state index contributed by atoms with van der Waals surface area (Å²) in [6.45, 7) is 0. The predicted octanol–water partition coefficient (Wildman–Crippen LogP) is 3.72. The second-order valence-electron chi connectivity index (χ2n) is 3.90. The molecule has 0 bridgehead atoms. The smallest absolute Gasteiger partial charge is 0.258 e. The lowest BCUT2D eigenvalue weighted by atomic mass is 10.2. The molecule has 6 heteroatoms. The number of hydrogen-bond acceptors (Lipinski definition) is 2. The monoisotopic (exact) mass is 352 g/mol. The lowest BCUT2D eigenvalue weighted by Crippen LogP contribution is -2.34. The van der Waals surface area contributed by atoms with Crippen LogP contribution in [0, 0.1) is 5.82 Å². The van der Waals surface area contributed by atoms with Crippen LogP contribution in [-0.2, 0) is 0 Å². The number of rotatable bonds is 2. The number of nitrogens with one attached hydrogen (secondary N) is 2. The minimum absolute atomic E-state index is 0.108. The minimum Gasteiger partial charge on any atom is -0.332 e. The molecule has 0 aliphatic rings. The molecule has 0 spiro atoms. The minimum atomic E-state index is -0.380. The van der Waals surface area contributed by atoms with Crippen molar-refractivity contribution in [1.29, 1.82) is 0 Å². The molecular weight excluding hydrogens is 343 g/mol. The van der Waals surface area contributed by atoms with Crippen molar-refractivity contribution in [3.8, 4) is 0 Å². The Labute approximate surface area is 129 Å². The second-order valence-corrected chi connectivity index (χ2v) is 5.16. The Hall–Kier alpha value is -1.79.